The van der Waals surface area contributed by atoms with Crippen LogP contribution in [0.3, 0.4) is 0 Å². The maximum atomic E-state index is 13.6. The number of carbonyl (C=O) groups excluding carboxylic acids is 2. The lowest BCUT2D eigenvalue weighted by Gasteiger charge is -2.24. The van der Waals surface area contributed by atoms with E-state index in [1.54, 1.807) is 23.1 Å². The van der Waals surface area contributed by atoms with Crippen molar-refractivity contribution >= 4 is 17.5 Å². The Hall–Kier alpha value is -3.51. The SMILES string of the molecule is Cc1ccccc1C(=O)N(Cc1ccc(F)cc1)c1cccc(CC(=O)NC[C@@H]2CCCO2)c1. The van der Waals surface area contributed by atoms with Crippen molar-refractivity contribution in [2.45, 2.75) is 38.8 Å². The van der Waals surface area contributed by atoms with E-state index >= 15 is 0 Å². The Bertz CT molecular complexity index is 1140. The number of ether oxygens (including phenoxy) is 1. The number of nitrogens with zero attached hydrogens (tertiary/aromatic N) is 1. The number of hydrogen-bond acceptors (Lipinski definition) is 3. The van der Waals surface area contributed by atoms with Crippen LogP contribution < -0.4 is 10.2 Å². The third-order valence-corrected chi connectivity index (χ3v) is 6.01. The standard InChI is InChI=1S/C28H29FN2O3/c1-20-6-2-3-10-26(20)28(33)31(19-21-11-13-23(29)14-12-21)24-8-4-7-22(16-24)17-27(32)30-18-25-9-5-15-34-25/h2-4,6-8,10-14,16,25H,5,9,15,17-19H2,1H3,(H,30,32)/t25-/m0/s1. The van der Waals surface area contributed by atoms with Gasteiger partial charge < -0.3 is 15.0 Å². The summed E-state index contributed by atoms with van der Waals surface area (Å²) in [5.74, 6) is -0.554. The Morgan fingerprint density at radius 2 is 1.82 bits per heavy atom. The highest BCUT2D eigenvalue weighted by molar-refractivity contribution is 6.07. The number of benzene rings is 3. The highest BCUT2D eigenvalue weighted by atomic mass is 19.1. The maximum absolute atomic E-state index is 13.6. The van der Waals surface area contributed by atoms with Crippen LogP contribution in [-0.4, -0.2) is 31.1 Å². The second-order valence-electron chi connectivity index (χ2n) is 8.62. The van der Waals surface area contributed by atoms with Crippen molar-refractivity contribution < 1.29 is 18.7 Å². The molecule has 176 valence electrons. The fourth-order valence-corrected chi connectivity index (χ4v) is 4.13. The van der Waals surface area contributed by atoms with E-state index in [9.17, 15) is 14.0 Å². The Morgan fingerprint density at radius 3 is 2.56 bits per heavy atom. The lowest BCUT2D eigenvalue weighted by Crippen LogP contribution is -2.33. The molecule has 6 heteroatoms. The second kappa shape index (κ2) is 11.1. The molecule has 1 N–H and O–H groups in total. The molecule has 4 rings (SSSR count). The zero-order valence-corrected chi connectivity index (χ0v) is 19.3. The van der Waals surface area contributed by atoms with Gasteiger partial charge in [-0.1, -0.05) is 42.5 Å². The van der Waals surface area contributed by atoms with Gasteiger partial charge in [0.1, 0.15) is 5.82 Å². The van der Waals surface area contributed by atoms with Gasteiger partial charge in [0.05, 0.1) is 19.1 Å². The Kier molecular flexibility index (Phi) is 7.70. The van der Waals surface area contributed by atoms with E-state index < -0.39 is 0 Å². The Balaban J connectivity index is 1.55. The first-order valence-electron chi connectivity index (χ1n) is 11.6. The van der Waals surface area contributed by atoms with Gasteiger partial charge in [0, 0.05) is 24.4 Å². The zero-order valence-electron chi connectivity index (χ0n) is 19.3. The Labute approximate surface area is 199 Å². The maximum Gasteiger partial charge on any atom is 0.258 e. The monoisotopic (exact) mass is 460 g/mol. The molecule has 1 heterocycles. The Morgan fingerprint density at radius 1 is 1.03 bits per heavy atom. The van der Waals surface area contributed by atoms with Crippen molar-refractivity contribution in [3.63, 3.8) is 0 Å². The first-order valence-corrected chi connectivity index (χ1v) is 11.6. The first-order chi connectivity index (χ1) is 16.5. The van der Waals surface area contributed by atoms with Crippen molar-refractivity contribution in [3.05, 3.63) is 101 Å². The second-order valence-corrected chi connectivity index (χ2v) is 8.62. The van der Waals surface area contributed by atoms with Gasteiger partial charge in [0.25, 0.3) is 5.91 Å². The summed E-state index contributed by atoms with van der Waals surface area (Å²) in [4.78, 5) is 27.7. The van der Waals surface area contributed by atoms with Crippen LogP contribution in [-0.2, 0) is 22.5 Å². The summed E-state index contributed by atoms with van der Waals surface area (Å²) in [6, 6.07) is 21.0. The fraction of sp³-hybridized carbons (Fsp3) is 0.286. The molecule has 5 nitrogen and oxygen atoms in total. The molecule has 0 saturated carbocycles. The van der Waals surface area contributed by atoms with Gasteiger partial charge in [-0.05, 0) is 66.8 Å². The number of anilines is 1. The summed E-state index contributed by atoms with van der Waals surface area (Å²) in [5.41, 5.74) is 3.78. The van der Waals surface area contributed by atoms with Gasteiger partial charge in [0.15, 0.2) is 0 Å². The molecular weight excluding hydrogens is 431 g/mol. The average Bonchev–Trinajstić information content (AvgIpc) is 3.36. The molecule has 0 bridgehead atoms. The first kappa shape index (κ1) is 23.6. The van der Waals surface area contributed by atoms with Crippen LogP contribution in [0.4, 0.5) is 10.1 Å². The van der Waals surface area contributed by atoms with Crippen molar-refractivity contribution in [1.82, 2.24) is 5.32 Å². The lowest BCUT2D eigenvalue weighted by molar-refractivity contribution is -0.120. The minimum atomic E-state index is -0.323. The summed E-state index contributed by atoms with van der Waals surface area (Å²) >= 11 is 0. The van der Waals surface area contributed by atoms with Crippen LogP contribution in [0.25, 0.3) is 0 Å². The summed E-state index contributed by atoms with van der Waals surface area (Å²) in [7, 11) is 0. The molecule has 1 aliphatic rings. The third-order valence-electron chi connectivity index (χ3n) is 6.01. The van der Waals surface area contributed by atoms with Crippen LogP contribution in [0, 0.1) is 12.7 Å². The summed E-state index contributed by atoms with van der Waals surface area (Å²) < 4.78 is 19.0. The fourth-order valence-electron chi connectivity index (χ4n) is 4.13. The molecule has 1 aliphatic heterocycles. The molecular formula is C28H29FN2O3. The third kappa shape index (κ3) is 6.08. The van der Waals surface area contributed by atoms with Crippen molar-refractivity contribution in [3.8, 4) is 0 Å². The van der Waals surface area contributed by atoms with Gasteiger partial charge in [-0.2, -0.15) is 0 Å². The molecule has 0 unspecified atom stereocenters. The van der Waals surface area contributed by atoms with Crippen molar-refractivity contribution in [2.24, 2.45) is 0 Å². The van der Waals surface area contributed by atoms with E-state index in [1.807, 2.05) is 49.4 Å². The number of nitrogens with one attached hydrogen (secondary N) is 1. The highest BCUT2D eigenvalue weighted by Gasteiger charge is 2.21. The molecule has 0 aromatic heterocycles. The van der Waals surface area contributed by atoms with E-state index in [1.165, 1.54) is 12.1 Å². The molecule has 2 amide bonds. The predicted octanol–water partition coefficient (Wildman–Crippen LogP) is 4.82. The van der Waals surface area contributed by atoms with E-state index in [2.05, 4.69) is 5.32 Å². The number of aryl methyl sites for hydroxylation is 1. The minimum Gasteiger partial charge on any atom is -0.376 e. The molecule has 3 aromatic carbocycles. The van der Waals surface area contributed by atoms with E-state index in [0.29, 0.717) is 17.8 Å². The van der Waals surface area contributed by atoms with Gasteiger partial charge in [-0.15, -0.1) is 0 Å². The normalized spacial score (nSPS) is 15.2. The van der Waals surface area contributed by atoms with Crippen LogP contribution >= 0.6 is 0 Å². The molecule has 34 heavy (non-hydrogen) atoms. The molecule has 0 radical (unpaired) electrons. The largest absolute Gasteiger partial charge is 0.376 e. The van der Waals surface area contributed by atoms with Crippen molar-refractivity contribution in [2.75, 3.05) is 18.1 Å². The lowest BCUT2D eigenvalue weighted by atomic mass is 10.1. The average molecular weight is 461 g/mol. The highest BCUT2D eigenvalue weighted by Crippen LogP contribution is 2.23. The van der Waals surface area contributed by atoms with Crippen LogP contribution in [0.15, 0.2) is 72.8 Å². The van der Waals surface area contributed by atoms with Crippen molar-refractivity contribution in [1.29, 1.82) is 0 Å². The summed E-state index contributed by atoms with van der Waals surface area (Å²) in [5, 5.41) is 2.94. The molecule has 3 aromatic rings. The number of hydrogen-bond donors (Lipinski definition) is 1. The summed E-state index contributed by atoms with van der Waals surface area (Å²) in [6.45, 7) is 3.45. The number of halogens is 1. The quantitative estimate of drug-likeness (QED) is 0.524. The molecule has 0 aliphatic carbocycles. The number of rotatable bonds is 8. The van der Waals surface area contributed by atoms with E-state index in [-0.39, 0.29) is 36.7 Å². The summed E-state index contributed by atoms with van der Waals surface area (Å²) in [6.07, 6.45) is 2.30. The van der Waals surface area contributed by atoms with Crippen LogP contribution in [0.2, 0.25) is 0 Å². The van der Waals surface area contributed by atoms with Crippen LogP contribution in [0.1, 0.15) is 39.9 Å². The topological polar surface area (TPSA) is 58.6 Å². The smallest absolute Gasteiger partial charge is 0.258 e. The van der Waals surface area contributed by atoms with Gasteiger partial charge >= 0.3 is 0 Å². The molecule has 1 saturated heterocycles. The van der Waals surface area contributed by atoms with Gasteiger partial charge in [-0.3, -0.25) is 9.59 Å². The minimum absolute atomic E-state index is 0.0806. The van der Waals surface area contributed by atoms with Crippen LogP contribution in [0.5, 0.6) is 0 Å². The van der Waals surface area contributed by atoms with E-state index in [0.717, 1.165) is 36.1 Å². The predicted molar refractivity (Wildman–Crippen MR) is 130 cm³/mol. The zero-order chi connectivity index (χ0) is 23.9. The van der Waals surface area contributed by atoms with Gasteiger partial charge in [-0.25, -0.2) is 4.39 Å². The molecule has 1 atom stereocenters. The number of carbonyl (C=O) groups is 2. The molecule has 1 fully saturated rings. The molecule has 0 spiro atoms. The number of amides is 2. The van der Waals surface area contributed by atoms with Gasteiger partial charge in [0.2, 0.25) is 5.91 Å². The van der Waals surface area contributed by atoms with E-state index in [4.69, 9.17) is 4.74 Å².